The van der Waals surface area contributed by atoms with E-state index in [1.807, 2.05) is 0 Å². The Morgan fingerprint density at radius 2 is 1.86 bits per heavy atom. The van der Waals surface area contributed by atoms with Crippen LogP contribution in [0.3, 0.4) is 0 Å². The van der Waals surface area contributed by atoms with Crippen molar-refractivity contribution in [1.82, 2.24) is 0 Å². The molecule has 0 aliphatic rings. The summed E-state index contributed by atoms with van der Waals surface area (Å²) in [6.07, 6.45) is 0. The molecule has 0 fully saturated rings. The fraction of sp³-hybridized carbons (Fsp3) is 0.222. The van der Waals surface area contributed by atoms with Crippen LogP contribution in [0.15, 0.2) is 12.1 Å². The van der Waals surface area contributed by atoms with E-state index in [1.165, 1.54) is 26.4 Å². The number of methoxy groups -OCH3 is 2. The smallest absolute Gasteiger partial charge is 0.252 e. The fourth-order valence-electron chi connectivity index (χ4n) is 1.15. The van der Waals surface area contributed by atoms with Gasteiger partial charge in [0.05, 0.1) is 19.8 Å². The second kappa shape index (κ2) is 3.87. The number of aromatic hydroxyl groups is 1. The lowest BCUT2D eigenvalue weighted by Crippen LogP contribution is -2.12. The van der Waals surface area contributed by atoms with Gasteiger partial charge < -0.3 is 20.3 Å². The van der Waals surface area contributed by atoms with E-state index in [1.54, 1.807) is 0 Å². The van der Waals surface area contributed by atoms with Crippen molar-refractivity contribution in [3.8, 4) is 17.2 Å². The zero-order chi connectivity index (χ0) is 10.7. The summed E-state index contributed by atoms with van der Waals surface area (Å²) >= 11 is 0. The third-order valence-corrected chi connectivity index (χ3v) is 1.77. The number of ether oxygens (including phenoxy) is 2. The van der Waals surface area contributed by atoms with Gasteiger partial charge in [-0.15, -0.1) is 0 Å². The fourth-order valence-corrected chi connectivity index (χ4v) is 1.15. The van der Waals surface area contributed by atoms with Crippen LogP contribution in [0.5, 0.6) is 17.2 Å². The van der Waals surface area contributed by atoms with Gasteiger partial charge in [-0.3, -0.25) is 4.79 Å². The molecule has 1 aromatic rings. The number of primary amides is 1. The Kier molecular flexibility index (Phi) is 2.81. The third-order valence-electron chi connectivity index (χ3n) is 1.77. The summed E-state index contributed by atoms with van der Waals surface area (Å²) in [5.41, 5.74) is 5.28. The highest BCUT2D eigenvalue weighted by Gasteiger charge is 2.17. The number of amides is 1. The largest absolute Gasteiger partial charge is 0.504 e. The molecule has 14 heavy (non-hydrogen) atoms. The molecule has 1 amide bonds. The predicted molar refractivity (Wildman–Crippen MR) is 49.7 cm³/mol. The maximum Gasteiger partial charge on any atom is 0.252 e. The Labute approximate surface area is 81.0 Å². The lowest BCUT2D eigenvalue weighted by atomic mass is 10.1. The van der Waals surface area contributed by atoms with E-state index in [-0.39, 0.29) is 22.8 Å². The molecule has 0 saturated carbocycles. The Bertz CT molecular complexity index is 362. The maximum absolute atomic E-state index is 11.0. The first kappa shape index (κ1) is 10.2. The van der Waals surface area contributed by atoms with Gasteiger partial charge in [-0.2, -0.15) is 0 Å². The second-order valence-electron chi connectivity index (χ2n) is 2.56. The van der Waals surface area contributed by atoms with Gasteiger partial charge in [0, 0.05) is 0 Å². The SMILES string of the molecule is COc1c(O)ccc(C(N)=O)c1OC. The average molecular weight is 197 g/mol. The van der Waals surface area contributed by atoms with E-state index in [0.717, 1.165) is 0 Å². The molecule has 0 aromatic heterocycles. The molecule has 0 bridgehead atoms. The molecular weight excluding hydrogens is 186 g/mol. The van der Waals surface area contributed by atoms with Crippen molar-refractivity contribution in [2.24, 2.45) is 5.73 Å². The molecule has 1 aromatic carbocycles. The minimum Gasteiger partial charge on any atom is -0.504 e. The molecule has 76 valence electrons. The van der Waals surface area contributed by atoms with E-state index < -0.39 is 5.91 Å². The van der Waals surface area contributed by atoms with Gasteiger partial charge in [-0.05, 0) is 12.1 Å². The number of carbonyl (C=O) groups excluding carboxylic acids is 1. The van der Waals surface area contributed by atoms with E-state index in [4.69, 9.17) is 15.2 Å². The number of phenolic OH excluding ortho intramolecular Hbond substituents is 1. The van der Waals surface area contributed by atoms with Gasteiger partial charge in [-0.25, -0.2) is 0 Å². The molecule has 1 rings (SSSR count). The van der Waals surface area contributed by atoms with Gasteiger partial charge in [0.25, 0.3) is 5.91 Å². The van der Waals surface area contributed by atoms with Crippen LogP contribution in [0, 0.1) is 0 Å². The standard InChI is InChI=1S/C9H11NO4/c1-13-7-5(9(10)12)3-4-6(11)8(7)14-2/h3-4,11H,1-2H3,(H2,10,12). The quantitative estimate of drug-likeness (QED) is 0.739. The number of benzene rings is 1. The van der Waals surface area contributed by atoms with Gasteiger partial charge in [0.15, 0.2) is 11.5 Å². The lowest BCUT2D eigenvalue weighted by Gasteiger charge is -2.11. The molecule has 5 heteroatoms. The number of hydrogen-bond donors (Lipinski definition) is 2. The third kappa shape index (κ3) is 1.56. The number of nitrogens with two attached hydrogens (primary N) is 1. The Morgan fingerprint density at radius 3 is 2.29 bits per heavy atom. The van der Waals surface area contributed by atoms with E-state index in [2.05, 4.69) is 0 Å². The van der Waals surface area contributed by atoms with Crippen LogP contribution in [0.25, 0.3) is 0 Å². The van der Waals surface area contributed by atoms with Crippen molar-refractivity contribution >= 4 is 5.91 Å². The molecule has 0 radical (unpaired) electrons. The highest BCUT2D eigenvalue weighted by molar-refractivity contribution is 5.97. The highest BCUT2D eigenvalue weighted by Crippen LogP contribution is 2.38. The number of phenols is 1. The Morgan fingerprint density at radius 1 is 1.29 bits per heavy atom. The summed E-state index contributed by atoms with van der Waals surface area (Å²) in [5.74, 6) is -0.502. The zero-order valence-corrected chi connectivity index (χ0v) is 7.90. The number of hydrogen-bond acceptors (Lipinski definition) is 4. The first-order valence-corrected chi connectivity index (χ1v) is 3.85. The zero-order valence-electron chi connectivity index (χ0n) is 7.90. The average Bonchev–Trinajstić information content (AvgIpc) is 2.16. The van der Waals surface area contributed by atoms with Gasteiger partial charge in [0.2, 0.25) is 5.75 Å². The molecule has 5 nitrogen and oxygen atoms in total. The highest BCUT2D eigenvalue weighted by atomic mass is 16.5. The summed E-state index contributed by atoms with van der Waals surface area (Å²) in [5, 5.41) is 9.37. The first-order chi connectivity index (χ1) is 6.61. The van der Waals surface area contributed by atoms with E-state index >= 15 is 0 Å². The minimum absolute atomic E-state index is 0.101. The molecule has 0 atom stereocenters. The molecule has 0 aliphatic heterocycles. The maximum atomic E-state index is 11.0. The van der Waals surface area contributed by atoms with Crippen molar-refractivity contribution in [3.05, 3.63) is 17.7 Å². The van der Waals surface area contributed by atoms with Crippen LogP contribution in [-0.2, 0) is 0 Å². The van der Waals surface area contributed by atoms with Crippen LogP contribution in [0.2, 0.25) is 0 Å². The van der Waals surface area contributed by atoms with Crippen LogP contribution in [-0.4, -0.2) is 25.2 Å². The monoisotopic (exact) mass is 197 g/mol. The molecule has 0 aliphatic carbocycles. The van der Waals surface area contributed by atoms with E-state index in [0.29, 0.717) is 0 Å². The van der Waals surface area contributed by atoms with Crippen LogP contribution in [0.4, 0.5) is 0 Å². The van der Waals surface area contributed by atoms with Gasteiger partial charge in [-0.1, -0.05) is 0 Å². The van der Waals surface area contributed by atoms with Crippen molar-refractivity contribution < 1.29 is 19.4 Å². The number of rotatable bonds is 3. The van der Waals surface area contributed by atoms with Crippen LogP contribution >= 0.6 is 0 Å². The first-order valence-electron chi connectivity index (χ1n) is 3.85. The lowest BCUT2D eigenvalue weighted by molar-refractivity contribution is 0.0996. The van der Waals surface area contributed by atoms with Crippen molar-refractivity contribution in [1.29, 1.82) is 0 Å². The molecular formula is C9H11NO4. The second-order valence-corrected chi connectivity index (χ2v) is 2.56. The summed E-state index contributed by atoms with van der Waals surface area (Å²) in [6, 6.07) is 2.69. The normalized spacial score (nSPS) is 9.57. The van der Waals surface area contributed by atoms with Crippen LogP contribution in [0.1, 0.15) is 10.4 Å². The van der Waals surface area contributed by atoms with Crippen molar-refractivity contribution in [2.75, 3.05) is 14.2 Å². The van der Waals surface area contributed by atoms with E-state index in [9.17, 15) is 9.90 Å². The summed E-state index contributed by atoms with van der Waals surface area (Å²) in [6.45, 7) is 0. The van der Waals surface area contributed by atoms with Gasteiger partial charge >= 0.3 is 0 Å². The van der Waals surface area contributed by atoms with Gasteiger partial charge in [0.1, 0.15) is 0 Å². The van der Waals surface area contributed by atoms with Crippen molar-refractivity contribution in [3.63, 3.8) is 0 Å². The van der Waals surface area contributed by atoms with Crippen molar-refractivity contribution in [2.45, 2.75) is 0 Å². The summed E-state index contributed by atoms with van der Waals surface area (Å²) in [4.78, 5) is 11.0. The number of carbonyl (C=O) groups is 1. The molecule has 0 spiro atoms. The van der Waals surface area contributed by atoms with Crippen LogP contribution < -0.4 is 15.2 Å². The Balaban J connectivity index is 3.40. The topological polar surface area (TPSA) is 81.8 Å². The molecule has 0 saturated heterocycles. The molecule has 0 heterocycles. The molecule has 0 unspecified atom stereocenters. The summed E-state index contributed by atoms with van der Waals surface area (Å²) < 4.78 is 9.80. The molecule has 3 N–H and O–H groups in total. The predicted octanol–water partition coefficient (Wildman–Crippen LogP) is 0.508. The minimum atomic E-state index is -0.639. The summed E-state index contributed by atoms with van der Waals surface area (Å²) in [7, 11) is 2.73. The Hall–Kier alpha value is -1.91.